The highest BCUT2D eigenvalue weighted by atomic mass is 16.1. The molecule has 0 spiro atoms. The van der Waals surface area contributed by atoms with E-state index in [1.54, 1.807) is 0 Å². The molecule has 0 aromatic heterocycles. The topological polar surface area (TPSA) is 64.9 Å². The minimum atomic E-state index is -0.261. The van der Waals surface area contributed by atoms with E-state index in [0.29, 0.717) is 6.54 Å². The summed E-state index contributed by atoms with van der Waals surface area (Å²) in [5.41, 5.74) is 2.69. The van der Waals surface area contributed by atoms with Crippen molar-refractivity contribution >= 4 is 5.91 Å². The first-order chi connectivity index (χ1) is 11.2. The largest absolute Gasteiger partial charge is 0.389 e. The lowest BCUT2D eigenvalue weighted by atomic mass is 9.95. The van der Waals surface area contributed by atoms with Crippen molar-refractivity contribution in [1.29, 1.82) is 5.26 Å². The fourth-order valence-corrected chi connectivity index (χ4v) is 2.93. The van der Waals surface area contributed by atoms with Crippen LogP contribution in [-0.2, 0) is 11.2 Å². The van der Waals surface area contributed by atoms with Crippen LogP contribution in [0.2, 0.25) is 0 Å². The van der Waals surface area contributed by atoms with Crippen molar-refractivity contribution in [3.63, 3.8) is 0 Å². The Morgan fingerprint density at radius 1 is 1.30 bits per heavy atom. The van der Waals surface area contributed by atoms with Crippen molar-refractivity contribution < 1.29 is 4.79 Å². The van der Waals surface area contributed by atoms with Crippen LogP contribution in [0.1, 0.15) is 43.2 Å². The Morgan fingerprint density at radius 3 is 2.74 bits per heavy atom. The Kier molecular flexibility index (Phi) is 6.68. The van der Waals surface area contributed by atoms with Gasteiger partial charge in [0.1, 0.15) is 11.6 Å². The standard InChI is InChI=1S/C19H25N3O/c1-15-7-5-6-8-16(15)11-12-21-14-17(13-20)19(23)22-18-9-3-2-4-10-18/h5-8,14,18,21H,2-4,9-12H2,1H3,(H,22,23)/b17-14-. The summed E-state index contributed by atoms with van der Waals surface area (Å²) >= 11 is 0. The van der Waals surface area contributed by atoms with Crippen molar-refractivity contribution in [3.8, 4) is 6.07 Å². The fourth-order valence-electron chi connectivity index (χ4n) is 2.93. The molecule has 1 aliphatic rings. The van der Waals surface area contributed by atoms with Gasteiger partial charge in [-0.3, -0.25) is 4.79 Å². The van der Waals surface area contributed by atoms with Crippen LogP contribution in [0.4, 0.5) is 0 Å². The number of hydrogen-bond donors (Lipinski definition) is 2. The van der Waals surface area contributed by atoms with Gasteiger partial charge < -0.3 is 10.6 Å². The third kappa shape index (κ3) is 5.45. The second-order valence-electron chi connectivity index (χ2n) is 6.11. The minimum absolute atomic E-state index is 0.153. The Bertz CT molecular complexity index is 595. The lowest BCUT2D eigenvalue weighted by molar-refractivity contribution is -0.118. The molecule has 23 heavy (non-hydrogen) atoms. The molecule has 0 bridgehead atoms. The normalized spacial score (nSPS) is 15.7. The van der Waals surface area contributed by atoms with Gasteiger partial charge in [-0.2, -0.15) is 5.26 Å². The number of aryl methyl sites for hydroxylation is 1. The lowest BCUT2D eigenvalue weighted by Crippen LogP contribution is -2.37. The summed E-state index contributed by atoms with van der Waals surface area (Å²) in [7, 11) is 0. The molecule has 4 nitrogen and oxygen atoms in total. The number of amides is 1. The number of carbonyl (C=O) groups is 1. The lowest BCUT2D eigenvalue weighted by Gasteiger charge is -2.22. The number of hydrogen-bond acceptors (Lipinski definition) is 3. The summed E-state index contributed by atoms with van der Waals surface area (Å²) in [4.78, 5) is 12.1. The third-order valence-electron chi connectivity index (χ3n) is 4.35. The molecule has 0 unspecified atom stereocenters. The Balaban J connectivity index is 1.80. The van der Waals surface area contributed by atoms with Crippen molar-refractivity contribution in [2.75, 3.05) is 6.54 Å². The Labute approximate surface area is 138 Å². The summed E-state index contributed by atoms with van der Waals surface area (Å²) in [6, 6.07) is 10.4. The van der Waals surface area contributed by atoms with Gasteiger partial charge in [0.15, 0.2) is 0 Å². The van der Waals surface area contributed by atoms with Gasteiger partial charge in [0, 0.05) is 18.8 Å². The van der Waals surface area contributed by atoms with E-state index in [2.05, 4.69) is 29.7 Å². The highest BCUT2D eigenvalue weighted by Crippen LogP contribution is 2.17. The minimum Gasteiger partial charge on any atom is -0.389 e. The molecule has 0 radical (unpaired) electrons. The maximum atomic E-state index is 12.1. The highest BCUT2D eigenvalue weighted by Gasteiger charge is 2.17. The molecule has 0 saturated heterocycles. The average Bonchev–Trinajstić information content (AvgIpc) is 2.57. The molecule has 1 aliphatic carbocycles. The first-order valence-corrected chi connectivity index (χ1v) is 8.39. The Hall–Kier alpha value is -2.28. The zero-order valence-corrected chi connectivity index (χ0v) is 13.8. The first kappa shape index (κ1) is 17.1. The molecular weight excluding hydrogens is 286 g/mol. The van der Waals surface area contributed by atoms with Crippen molar-refractivity contribution in [1.82, 2.24) is 10.6 Å². The predicted molar refractivity (Wildman–Crippen MR) is 91.6 cm³/mol. The number of benzene rings is 1. The van der Waals surface area contributed by atoms with Gasteiger partial charge in [-0.25, -0.2) is 0 Å². The predicted octanol–water partition coefficient (Wildman–Crippen LogP) is 2.98. The van der Waals surface area contributed by atoms with Crippen molar-refractivity contribution in [2.45, 2.75) is 51.5 Å². The molecule has 4 heteroatoms. The molecule has 1 saturated carbocycles. The summed E-state index contributed by atoms with van der Waals surface area (Å²) in [5.74, 6) is -0.261. The monoisotopic (exact) mass is 311 g/mol. The molecule has 0 aliphatic heterocycles. The molecule has 1 aromatic carbocycles. The van der Waals surface area contributed by atoms with Gasteiger partial charge in [0.2, 0.25) is 0 Å². The molecule has 1 aromatic rings. The smallest absolute Gasteiger partial charge is 0.263 e. The second kappa shape index (κ2) is 8.99. The van der Waals surface area contributed by atoms with Gasteiger partial charge in [0.05, 0.1) is 0 Å². The van der Waals surface area contributed by atoms with Gasteiger partial charge >= 0.3 is 0 Å². The fraction of sp³-hybridized carbons (Fsp3) is 0.474. The SMILES string of the molecule is Cc1ccccc1CCN/C=C(/C#N)C(=O)NC1CCCCC1. The number of nitrogens with zero attached hydrogens (tertiary/aromatic N) is 1. The van der Waals surface area contributed by atoms with Crippen molar-refractivity contribution in [2.24, 2.45) is 0 Å². The third-order valence-corrected chi connectivity index (χ3v) is 4.35. The highest BCUT2D eigenvalue weighted by molar-refractivity contribution is 5.97. The van der Waals surface area contributed by atoms with Crippen LogP contribution in [0.25, 0.3) is 0 Å². The van der Waals surface area contributed by atoms with E-state index < -0.39 is 0 Å². The van der Waals surface area contributed by atoms with Gasteiger partial charge in [-0.1, -0.05) is 43.5 Å². The quantitative estimate of drug-likeness (QED) is 0.482. The van der Waals surface area contributed by atoms with Gasteiger partial charge in [0.25, 0.3) is 5.91 Å². The molecule has 2 N–H and O–H groups in total. The second-order valence-corrected chi connectivity index (χ2v) is 6.11. The zero-order chi connectivity index (χ0) is 16.5. The van der Waals surface area contributed by atoms with Crippen LogP contribution in [0.3, 0.4) is 0 Å². The maximum Gasteiger partial charge on any atom is 0.263 e. The summed E-state index contributed by atoms with van der Waals surface area (Å²) in [6.45, 7) is 2.79. The summed E-state index contributed by atoms with van der Waals surface area (Å²) < 4.78 is 0. The average molecular weight is 311 g/mol. The van der Waals surface area contributed by atoms with Crippen LogP contribution in [0.5, 0.6) is 0 Å². The van der Waals surface area contributed by atoms with E-state index in [4.69, 9.17) is 5.26 Å². The van der Waals surface area contributed by atoms with Gasteiger partial charge in [-0.15, -0.1) is 0 Å². The van der Waals surface area contributed by atoms with Crippen LogP contribution in [-0.4, -0.2) is 18.5 Å². The Morgan fingerprint density at radius 2 is 2.04 bits per heavy atom. The van der Waals surface area contributed by atoms with Gasteiger partial charge in [-0.05, 0) is 37.3 Å². The summed E-state index contributed by atoms with van der Waals surface area (Å²) in [5, 5.41) is 15.2. The van der Waals surface area contributed by atoms with E-state index in [9.17, 15) is 4.79 Å². The van der Waals surface area contributed by atoms with Crippen LogP contribution >= 0.6 is 0 Å². The zero-order valence-electron chi connectivity index (χ0n) is 13.8. The van der Waals surface area contributed by atoms with E-state index in [1.807, 2.05) is 18.2 Å². The maximum absolute atomic E-state index is 12.1. The molecule has 0 heterocycles. The van der Waals surface area contributed by atoms with Crippen molar-refractivity contribution in [3.05, 3.63) is 47.2 Å². The van der Waals surface area contributed by atoms with Crippen LogP contribution < -0.4 is 10.6 Å². The molecule has 1 fully saturated rings. The van der Waals surface area contributed by atoms with E-state index in [-0.39, 0.29) is 17.5 Å². The molecule has 0 atom stereocenters. The summed E-state index contributed by atoms with van der Waals surface area (Å²) in [6.07, 6.45) is 8.00. The molecule has 122 valence electrons. The van der Waals surface area contributed by atoms with Crippen LogP contribution in [0, 0.1) is 18.3 Å². The number of nitriles is 1. The molecule has 2 rings (SSSR count). The number of carbonyl (C=O) groups excluding carboxylic acids is 1. The number of rotatable bonds is 6. The van der Waals surface area contributed by atoms with E-state index >= 15 is 0 Å². The molecular formula is C19H25N3O. The first-order valence-electron chi connectivity index (χ1n) is 8.39. The molecule has 1 amide bonds. The number of nitrogens with one attached hydrogen (secondary N) is 2. The van der Waals surface area contributed by atoms with E-state index in [0.717, 1.165) is 32.1 Å². The van der Waals surface area contributed by atoms with E-state index in [1.165, 1.54) is 23.7 Å². The van der Waals surface area contributed by atoms with Crippen LogP contribution in [0.15, 0.2) is 36.0 Å².